The molecule has 1 aromatic rings. The van der Waals surface area contributed by atoms with Crippen LogP contribution in [0.1, 0.15) is 29.6 Å². The van der Waals surface area contributed by atoms with Gasteiger partial charge in [0.05, 0.1) is 25.4 Å². The number of hydrogen-bond donors (Lipinski definition) is 1. The Morgan fingerprint density at radius 3 is 2.65 bits per heavy atom. The van der Waals surface area contributed by atoms with Gasteiger partial charge in [-0.15, -0.1) is 0 Å². The summed E-state index contributed by atoms with van der Waals surface area (Å²) < 4.78 is 11.5. The maximum absolute atomic E-state index is 12.7. The van der Waals surface area contributed by atoms with E-state index >= 15 is 0 Å². The molecule has 1 aromatic carbocycles. The maximum Gasteiger partial charge on any atom is 0.317 e. The monoisotopic (exact) mass is 362 g/mol. The van der Waals surface area contributed by atoms with Gasteiger partial charge in [-0.1, -0.05) is 0 Å². The van der Waals surface area contributed by atoms with E-state index in [1.54, 1.807) is 29.0 Å². The van der Waals surface area contributed by atoms with Crippen molar-refractivity contribution in [1.82, 2.24) is 9.80 Å². The summed E-state index contributed by atoms with van der Waals surface area (Å²) in [6.07, 6.45) is 3.57. The fraction of sp³-hybridized carbons (Fsp3) is 0.579. The number of nitrogens with zero attached hydrogens (tertiary/aromatic N) is 2. The number of ether oxygens (including phenoxy) is 2. The molecule has 0 spiro atoms. The number of morpholine rings is 1. The zero-order chi connectivity index (χ0) is 18.5. The molecule has 1 N–H and O–H groups in total. The standard InChI is InChI=1S/C19H26N2O5/c1-20(13-18(22)23)11-17-12-21(9-10-25-17)19(24)14-5-7-16(8-6-14)26-15-3-2-4-15/h5-8,15,17H,2-4,9-13H2,1H3,(H,22,23). The highest BCUT2D eigenvalue weighted by Gasteiger charge is 2.26. The second-order valence-electron chi connectivity index (χ2n) is 7.03. The van der Waals surface area contributed by atoms with Crippen LogP contribution in [0.5, 0.6) is 5.75 Å². The Labute approximate surface area is 153 Å². The van der Waals surface area contributed by atoms with E-state index in [0.717, 1.165) is 18.6 Å². The van der Waals surface area contributed by atoms with E-state index in [1.165, 1.54) is 6.42 Å². The lowest BCUT2D eigenvalue weighted by atomic mass is 9.96. The quantitative estimate of drug-likeness (QED) is 0.791. The van der Waals surface area contributed by atoms with Gasteiger partial charge < -0.3 is 19.5 Å². The highest BCUT2D eigenvalue weighted by molar-refractivity contribution is 5.94. The van der Waals surface area contributed by atoms with Crippen molar-refractivity contribution in [2.75, 3.05) is 39.8 Å². The van der Waals surface area contributed by atoms with E-state index in [2.05, 4.69) is 0 Å². The van der Waals surface area contributed by atoms with Crippen LogP contribution in [0.15, 0.2) is 24.3 Å². The first-order valence-corrected chi connectivity index (χ1v) is 9.09. The Bertz CT molecular complexity index is 629. The van der Waals surface area contributed by atoms with Crippen molar-refractivity contribution in [1.29, 1.82) is 0 Å². The van der Waals surface area contributed by atoms with E-state index in [9.17, 15) is 9.59 Å². The van der Waals surface area contributed by atoms with Crippen LogP contribution in [0.25, 0.3) is 0 Å². The fourth-order valence-electron chi connectivity index (χ4n) is 3.20. The van der Waals surface area contributed by atoms with Gasteiger partial charge in [-0.2, -0.15) is 0 Å². The molecule has 142 valence electrons. The van der Waals surface area contributed by atoms with Crippen LogP contribution in [0.4, 0.5) is 0 Å². The van der Waals surface area contributed by atoms with E-state index < -0.39 is 5.97 Å². The van der Waals surface area contributed by atoms with Crippen molar-refractivity contribution in [3.63, 3.8) is 0 Å². The predicted octanol–water partition coefficient (Wildman–Crippen LogP) is 1.48. The zero-order valence-electron chi connectivity index (χ0n) is 15.1. The van der Waals surface area contributed by atoms with Gasteiger partial charge in [0.15, 0.2) is 0 Å². The minimum absolute atomic E-state index is 0.0330. The summed E-state index contributed by atoms with van der Waals surface area (Å²) in [6, 6.07) is 7.31. The van der Waals surface area contributed by atoms with Crippen molar-refractivity contribution in [3.05, 3.63) is 29.8 Å². The third kappa shape index (κ3) is 4.95. The molecule has 26 heavy (non-hydrogen) atoms. The molecule has 1 atom stereocenters. The van der Waals surface area contributed by atoms with E-state index in [4.69, 9.17) is 14.6 Å². The molecule has 3 rings (SSSR count). The summed E-state index contributed by atoms with van der Waals surface area (Å²) in [6.45, 7) is 1.89. The smallest absolute Gasteiger partial charge is 0.317 e. The van der Waals surface area contributed by atoms with Crippen LogP contribution >= 0.6 is 0 Å². The number of hydrogen-bond acceptors (Lipinski definition) is 5. The Morgan fingerprint density at radius 2 is 2.04 bits per heavy atom. The highest BCUT2D eigenvalue weighted by Crippen LogP contribution is 2.25. The predicted molar refractivity (Wildman–Crippen MR) is 95.5 cm³/mol. The molecule has 1 heterocycles. The molecule has 7 heteroatoms. The Hall–Kier alpha value is -2.12. The summed E-state index contributed by atoms with van der Waals surface area (Å²) in [5, 5.41) is 8.84. The molecular weight excluding hydrogens is 336 g/mol. The van der Waals surface area contributed by atoms with Gasteiger partial charge in [0.1, 0.15) is 5.75 Å². The molecule has 0 bridgehead atoms. The van der Waals surface area contributed by atoms with Crippen LogP contribution in [-0.4, -0.2) is 78.8 Å². The molecule has 2 fully saturated rings. The van der Waals surface area contributed by atoms with Gasteiger partial charge in [-0.05, 0) is 50.6 Å². The molecule has 7 nitrogen and oxygen atoms in total. The third-order valence-electron chi connectivity index (χ3n) is 4.80. The Balaban J connectivity index is 1.53. The second kappa shape index (κ2) is 8.51. The average molecular weight is 362 g/mol. The van der Waals surface area contributed by atoms with E-state index in [0.29, 0.717) is 37.9 Å². The Kier molecular flexibility index (Phi) is 6.11. The largest absolute Gasteiger partial charge is 0.490 e. The van der Waals surface area contributed by atoms with Crippen molar-refractivity contribution in [2.45, 2.75) is 31.5 Å². The first kappa shape index (κ1) is 18.7. The molecule has 2 aliphatic rings. The van der Waals surface area contributed by atoms with Gasteiger partial charge in [-0.3, -0.25) is 14.5 Å². The first-order valence-electron chi connectivity index (χ1n) is 9.09. The maximum atomic E-state index is 12.7. The van der Waals surface area contributed by atoms with Crippen LogP contribution in [-0.2, 0) is 9.53 Å². The van der Waals surface area contributed by atoms with Crippen LogP contribution in [0, 0.1) is 0 Å². The van der Waals surface area contributed by atoms with Gasteiger partial charge in [0.25, 0.3) is 5.91 Å². The first-order chi connectivity index (χ1) is 12.5. The summed E-state index contributed by atoms with van der Waals surface area (Å²) in [5.41, 5.74) is 0.630. The van der Waals surface area contributed by atoms with Gasteiger partial charge in [0.2, 0.25) is 0 Å². The number of likely N-dealkylation sites (N-methyl/N-ethyl adjacent to an activating group) is 1. The SMILES string of the molecule is CN(CC(=O)O)CC1CN(C(=O)c2ccc(OC3CCC3)cc2)CCO1. The van der Waals surface area contributed by atoms with E-state index in [1.807, 2.05) is 12.1 Å². The number of aliphatic carboxylic acids is 1. The van der Waals surface area contributed by atoms with Gasteiger partial charge >= 0.3 is 5.97 Å². The highest BCUT2D eigenvalue weighted by atomic mass is 16.5. The van der Waals surface area contributed by atoms with Crippen LogP contribution in [0.3, 0.4) is 0 Å². The molecule has 1 saturated heterocycles. The van der Waals surface area contributed by atoms with Gasteiger partial charge in [0, 0.05) is 25.2 Å². The van der Waals surface area contributed by atoms with Crippen LogP contribution < -0.4 is 4.74 Å². The minimum Gasteiger partial charge on any atom is -0.490 e. The molecule has 1 aliphatic heterocycles. The summed E-state index contributed by atoms with van der Waals surface area (Å²) in [5.74, 6) is -0.101. The third-order valence-corrected chi connectivity index (χ3v) is 4.80. The minimum atomic E-state index is -0.875. The summed E-state index contributed by atoms with van der Waals surface area (Å²) >= 11 is 0. The topological polar surface area (TPSA) is 79.3 Å². The number of carbonyl (C=O) groups is 2. The average Bonchev–Trinajstić information content (AvgIpc) is 2.57. The number of carbonyl (C=O) groups excluding carboxylic acids is 1. The number of benzene rings is 1. The number of rotatable bonds is 7. The molecule has 0 aromatic heterocycles. The second-order valence-corrected chi connectivity index (χ2v) is 7.03. The van der Waals surface area contributed by atoms with Crippen molar-refractivity contribution in [3.8, 4) is 5.75 Å². The van der Waals surface area contributed by atoms with Crippen LogP contribution in [0.2, 0.25) is 0 Å². The summed E-state index contributed by atoms with van der Waals surface area (Å²) in [7, 11) is 1.74. The zero-order valence-corrected chi connectivity index (χ0v) is 15.1. The van der Waals surface area contributed by atoms with E-state index in [-0.39, 0.29) is 18.6 Å². The fourth-order valence-corrected chi connectivity index (χ4v) is 3.20. The lowest BCUT2D eigenvalue weighted by Crippen LogP contribution is -2.49. The van der Waals surface area contributed by atoms with Crippen molar-refractivity contribution >= 4 is 11.9 Å². The number of carboxylic acid groups (broad SMARTS) is 1. The van der Waals surface area contributed by atoms with Gasteiger partial charge in [-0.25, -0.2) is 0 Å². The normalized spacial score (nSPS) is 20.7. The lowest BCUT2D eigenvalue weighted by molar-refractivity contribution is -0.138. The summed E-state index contributed by atoms with van der Waals surface area (Å²) in [4.78, 5) is 27.0. The molecule has 1 amide bonds. The Morgan fingerprint density at radius 1 is 1.31 bits per heavy atom. The lowest BCUT2D eigenvalue weighted by Gasteiger charge is -2.34. The van der Waals surface area contributed by atoms with Crippen molar-refractivity contribution in [2.24, 2.45) is 0 Å². The molecule has 1 aliphatic carbocycles. The number of amides is 1. The number of carboxylic acids is 1. The molecular formula is C19H26N2O5. The van der Waals surface area contributed by atoms with Crippen molar-refractivity contribution < 1.29 is 24.2 Å². The molecule has 1 saturated carbocycles. The molecule has 1 unspecified atom stereocenters. The molecule has 0 radical (unpaired) electrons.